The number of allylic oxidation sites excluding steroid dienone is 2. The standard InChI is InChI=1S/C21H20F3N3/c22-10-16(11-23)26-8-2-1-3-20(26)21-18(12-25)17-9-15(24)6-7-19(17)27(21)13-14-4-5-14/h1-3,6-7,9,14,16H,4-5,8,10-11,13H2. The molecule has 27 heavy (non-hydrogen) atoms. The van der Waals surface area contributed by atoms with Gasteiger partial charge in [0.05, 0.1) is 28.5 Å². The predicted molar refractivity (Wildman–Crippen MR) is 98.9 cm³/mol. The zero-order valence-electron chi connectivity index (χ0n) is 14.8. The fourth-order valence-electron chi connectivity index (χ4n) is 3.75. The summed E-state index contributed by atoms with van der Waals surface area (Å²) < 4.78 is 42.8. The number of hydrogen-bond acceptors (Lipinski definition) is 2. The van der Waals surface area contributed by atoms with E-state index in [1.54, 1.807) is 17.0 Å². The summed E-state index contributed by atoms with van der Waals surface area (Å²) in [4.78, 5) is 1.66. The molecule has 0 N–H and O–H groups in total. The molecule has 0 bridgehead atoms. The van der Waals surface area contributed by atoms with Gasteiger partial charge in [-0.3, -0.25) is 0 Å². The predicted octanol–water partition coefficient (Wildman–Crippen LogP) is 4.58. The second-order valence-corrected chi connectivity index (χ2v) is 7.15. The molecule has 1 aliphatic carbocycles. The molecule has 0 amide bonds. The summed E-state index contributed by atoms with van der Waals surface area (Å²) >= 11 is 0. The van der Waals surface area contributed by atoms with Gasteiger partial charge in [0.15, 0.2) is 0 Å². The Morgan fingerprint density at radius 3 is 2.67 bits per heavy atom. The van der Waals surface area contributed by atoms with E-state index in [4.69, 9.17) is 0 Å². The van der Waals surface area contributed by atoms with Gasteiger partial charge in [0, 0.05) is 18.5 Å². The molecule has 0 atom stereocenters. The van der Waals surface area contributed by atoms with Gasteiger partial charge >= 0.3 is 0 Å². The first kappa shape index (κ1) is 17.7. The Hall–Kier alpha value is -2.68. The van der Waals surface area contributed by atoms with Crippen molar-refractivity contribution in [1.82, 2.24) is 9.47 Å². The van der Waals surface area contributed by atoms with Crippen LogP contribution in [0.15, 0.2) is 36.4 Å². The Morgan fingerprint density at radius 2 is 2.00 bits per heavy atom. The lowest BCUT2D eigenvalue weighted by molar-refractivity contribution is 0.211. The molecule has 0 spiro atoms. The zero-order chi connectivity index (χ0) is 19.0. The number of nitriles is 1. The van der Waals surface area contributed by atoms with Crippen LogP contribution in [0.1, 0.15) is 24.1 Å². The minimum absolute atomic E-state index is 0.355. The summed E-state index contributed by atoms with van der Waals surface area (Å²) in [5.74, 6) is 0.108. The van der Waals surface area contributed by atoms with Crippen LogP contribution in [-0.4, -0.2) is 35.4 Å². The summed E-state index contributed by atoms with van der Waals surface area (Å²) in [6.45, 7) is -0.555. The first-order valence-electron chi connectivity index (χ1n) is 9.15. The zero-order valence-corrected chi connectivity index (χ0v) is 14.8. The molecule has 2 aliphatic rings. The van der Waals surface area contributed by atoms with Crippen LogP contribution >= 0.6 is 0 Å². The van der Waals surface area contributed by atoms with E-state index < -0.39 is 25.2 Å². The van der Waals surface area contributed by atoms with E-state index in [1.165, 1.54) is 12.1 Å². The molecule has 1 aromatic heterocycles. The van der Waals surface area contributed by atoms with Crippen molar-refractivity contribution >= 4 is 16.6 Å². The molecule has 2 aromatic rings. The van der Waals surface area contributed by atoms with Crippen molar-refractivity contribution in [1.29, 1.82) is 5.26 Å². The lowest BCUT2D eigenvalue weighted by atomic mass is 10.1. The second kappa shape index (κ2) is 7.15. The number of aromatic nitrogens is 1. The quantitative estimate of drug-likeness (QED) is 0.744. The smallest absolute Gasteiger partial charge is 0.124 e. The first-order chi connectivity index (χ1) is 13.2. The van der Waals surface area contributed by atoms with E-state index in [1.807, 2.05) is 16.7 Å². The number of rotatable bonds is 6. The molecule has 1 saturated carbocycles. The van der Waals surface area contributed by atoms with Crippen LogP contribution in [0, 0.1) is 23.1 Å². The van der Waals surface area contributed by atoms with E-state index in [0.29, 0.717) is 41.3 Å². The number of fused-ring (bicyclic) bond motifs is 1. The molecule has 0 radical (unpaired) electrons. The molecule has 1 aromatic carbocycles. The Bertz CT molecular complexity index is 959. The van der Waals surface area contributed by atoms with Gasteiger partial charge in [0.25, 0.3) is 0 Å². The number of benzene rings is 1. The third-order valence-corrected chi connectivity index (χ3v) is 5.32. The van der Waals surface area contributed by atoms with Gasteiger partial charge in [-0.1, -0.05) is 12.2 Å². The third kappa shape index (κ3) is 3.12. The van der Waals surface area contributed by atoms with Crippen LogP contribution in [0.3, 0.4) is 0 Å². The SMILES string of the molecule is N#Cc1c(C2=CC=CCN2C(CF)CF)n(CC2CC2)c2ccc(F)cc12. The lowest BCUT2D eigenvalue weighted by Crippen LogP contribution is -2.39. The van der Waals surface area contributed by atoms with Gasteiger partial charge in [-0.15, -0.1) is 0 Å². The Morgan fingerprint density at radius 1 is 1.22 bits per heavy atom. The van der Waals surface area contributed by atoms with E-state index >= 15 is 0 Å². The molecule has 140 valence electrons. The average Bonchev–Trinajstić information content (AvgIpc) is 3.45. The van der Waals surface area contributed by atoms with Gasteiger partial charge in [-0.25, -0.2) is 13.2 Å². The highest BCUT2D eigenvalue weighted by atomic mass is 19.1. The molecule has 0 unspecified atom stereocenters. The summed E-state index contributed by atoms with van der Waals surface area (Å²) in [7, 11) is 0. The van der Waals surface area contributed by atoms with Crippen LogP contribution in [0.25, 0.3) is 16.6 Å². The minimum atomic E-state index is -0.906. The minimum Gasteiger partial charge on any atom is -0.358 e. The fraction of sp³-hybridized carbons (Fsp3) is 0.381. The molecule has 4 rings (SSSR count). The molecule has 3 nitrogen and oxygen atoms in total. The monoisotopic (exact) mass is 371 g/mol. The van der Waals surface area contributed by atoms with E-state index in [0.717, 1.165) is 18.4 Å². The van der Waals surface area contributed by atoms with Crippen molar-refractivity contribution in [3.05, 3.63) is 53.5 Å². The van der Waals surface area contributed by atoms with Crippen LogP contribution in [0.2, 0.25) is 0 Å². The maximum atomic E-state index is 13.9. The number of hydrogen-bond donors (Lipinski definition) is 0. The molecule has 1 fully saturated rings. The van der Waals surface area contributed by atoms with Crippen molar-refractivity contribution < 1.29 is 13.2 Å². The number of alkyl halides is 2. The highest BCUT2D eigenvalue weighted by Gasteiger charge is 2.31. The second-order valence-electron chi connectivity index (χ2n) is 7.15. The molecule has 0 saturated heterocycles. The molecular formula is C21H20F3N3. The largest absolute Gasteiger partial charge is 0.358 e. The summed E-state index contributed by atoms with van der Waals surface area (Å²) in [6, 6.07) is 5.74. The van der Waals surface area contributed by atoms with Gasteiger partial charge < -0.3 is 9.47 Å². The Balaban J connectivity index is 1.95. The van der Waals surface area contributed by atoms with E-state index in [9.17, 15) is 18.4 Å². The van der Waals surface area contributed by atoms with E-state index in [2.05, 4.69) is 6.07 Å². The molecule has 1 aliphatic heterocycles. The van der Waals surface area contributed by atoms with Gasteiger partial charge in [0.2, 0.25) is 0 Å². The van der Waals surface area contributed by atoms with Crippen LogP contribution in [-0.2, 0) is 6.54 Å². The van der Waals surface area contributed by atoms with Crippen molar-refractivity contribution in [2.24, 2.45) is 5.92 Å². The highest BCUT2D eigenvalue weighted by molar-refractivity contribution is 5.93. The van der Waals surface area contributed by atoms with Crippen LogP contribution in [0.4, 0.5) is 13.2 Å². The van der Waals surface area contributed by atoms with E-state index in [-0.39, 0.29) is 0 Å². The Kier molecular flexibility index (Phi) is 4.69. The topological polar surface area (TPSA) is 32.0 Å². The fourth-order valence-corrected chi connectivity index (χ4v) is 3.75. The molecule has 2 heterocycles. The maximum absolute atomic E-state index is 13.9. The summed E-state index contributed by atoms with van der Waals surface area (Å²) in [5, 5.41) is 10.4. The average molecular weight is 371 g/mol. The number of nitrogens with zero attached hydrogens (tertiary/aromatic N) is 3. The highest BCUT2D eigenvalue weighted by Crippen LogP contribution is 2.38. The van der Waals surface area contributed by atoms with Crippen molar-refractivity contribution in [3.8, 4) is 6.07 Å². The van der Waals surface area contributed by atoms with Crippen molar-refractivity contribution in [2.75, 3.05) is 19.9 Å². The molecule has 6 heteroatoms. The number of halogens is 3. The van der Waals surface area contributed by atoms with Crippen LogP contribution < -0.4 is 0 Å². The van der Waals surface area contributed by atoms with Gasteiger partial charge in [-0.05, 0) is 43.0 Å². The third-order valence-electron chi connectivity index (χ3n) is 5.32. The van der Waals surface area contributed by atoms with Crippen molar-refractivity contribution in [3.63, 3.8) is 0 Å². The van der Waals surface area contributed by atoms with Gasteiger partial charge in [0.1, 0.15) is 25.2 Å². The summed E-state index contributed by atoms with van der Waals surface area (Å²) in [6.07, 6.45) is 7.68. The van der Waals surface area contributed by atoms with Gasteiger partial charge in [-0.2, -0.15) is 5.26 Å². The lowest BCUT2D eigenvalue weighted by Gasteiger charge is -2.34. The maximum Gasteiger partial charge on any atom is 0.124 e. The normalized spacial score (nSPS) is 16.9. The summed E-state index contributed by atoms with van der Waals surface area (Å²) in [5.41, 5.74) is 2.38. The Labute approximate surface area is 156 Å². The molecular weight excluding hydrogens is 351 g/mol. The van der Waals surface area contributed by atoms with Crippen molar-refractivity contribution in [2.45, 2.75) is 25.4 Å². The van der Waals surface area contributed by atoms with Crippen LogP contribution in [0.5, 0.6) is 0 Å². The first-order valence-corrected chi connectivity index (χ1v) is 9.15.